The zero-order valence-corrected chi connectivity index (χ0v) is 16.8. The molecule has 0 unspecified atom stereocenters. The predicted molar refractivity (Wildman–Crippen MR) is 105 cm³/mol. The van der Waals surface area contributed by atoms with Crippen molar-refractivity contribution < 1.29 is 17.9 Å². The van der Waals surface area contributed by atoms with Gasteiger partial charge < -0.3 is 10.1 Å². The fraction of sp³-hybridized carbons (Fsp3) is 0.632. The molecule has 1 heterocycles. The lowest BCUT2D eigenvalue weighted by molar-refractivity contribution is -0.150. The van der Waals surface area contributed by atoms with Crippen molar-refractivity contribution in [2.45, 2.75) is 50.8 Å². The van der Waals surface area contributed by atoms with Crippen molar-refractivity contribution in [2.75, 3.05) is 30.7 Å². The second-order valence-corrected chi connectivity index (χ2v) is 9.45. The number of nitrogens with zero attached hydrogens (tertiary/aromatic N) is 1. The number of nitrogens with one attached hydrogen (secondary N) is 2. The molecule has 1 amide bonds. The van der Waals surface area contributed by atoms with Crippen LogP contribution in [0.2, 0.25) is 0 Å². The minimum atomic E-state index is -3.29. The Morgan fingerprint density at radius 2 is 2.19 bits per heavy atom. The number of hydrogen-bond donors (Lipinski definition) is 2. The number of morpholine rings is 1. The van der Waals surface area contributed by atoms with Crippen molar-refractivity contribution in [1.29, 1.82) is 0 Å². The summed E-state index contributed by atoms with van der Waals surface area (Å²) >= 11 is 0. The second kappa shape index (κ2) is 8.16. The molecule has 1 aliphatic carbocycles. The Balaban J connectivity index is 1.71. The fourth-order valence-electron chi connectivity index (χ4n) is 4.24. The van der Waals surface area contributed by atoms with Crippen molar-refractivity contribution in [3.05, 3.63) is 29.8 Å². The van der Waals surface area contributed by atoms with E-state index in [9.17, 15) is 13.2 Å². The number of sulfonamides is 1. The molecule has 0 radical (unpaired) electrons. The molecule has 1 saturated carbocycles. The number of carbonyl (C=O) groups excluding carboxylic acids is 1. The van der Waals surface area contributed by atoms with Gasteiger partial charge in [0.15, 0.2) is 0 Å². The molecule has 2 N–H and O–H groups in total. The van der Waals surface area contributed by atoms with Gasteiger partial charge in [0.05, 0.1) is 18.9 Å². The first-order valence-electron chi connectivity index (χ1n) is 9.46. The first kappa shape index (κ1) is 20.1. The number of rotatable bonds is 5. The molecule has 2 fully saturated rings. The van der Waals surface area contributed by atoms with Gasteiger partial charge in [0, 0.05) is 32.2 Å². The maximum absolute atomic E-state index is 11.6. The SMILES string of the molecule is CC(=O)N[C@H]1CCCC[C@]12CN(Cc1cccc(NS(C)(=O)=O)c1)CCO2. The molecule has 3 rings (SSSR count). The van der Waals surface area contributed by atoms with Gasteiger partial charge in [-0.05, 0) is 30.5 Å². The number of hydrogen-bond acceptors (Lipinski definition) is 5. The standard InChI is InChI=1S/C19H29N3O4S/c1-15(23)20-18-8-3-4-9-19(18)14-22(10-11-26-19)13-16-6-5-7-17(12-16)21-27(2,24)25/h5-7,12,18,21H,3-4,8-11,13-14H2,1-2H3,(H,20,23)/t18-,19-/m0/s1. The zero-order valence-electron chi connectivity index (χ0n) is 16.0. The molecule has 1 saturated heterocycles. The number of carbonyl (C=O) groups is 1. The summed E-state index contributed by atoms with van der Waals surface area (Å²) in [6.45, 7) is 4.50. The summed E-state index contributed by atoms with van der Waals surface area (Å²) in [5, 5.41) is 3.09. The Labute approximate surface area is 161 Å². The van der Waals surface area contributed by atoms with Gasteiger partial charge in [-0.1, -0.05) is 25.0 Å². The highest BCUT2D eigenvalue weighted by atomic mass is 32.2. The minimum Gasteiger partial charge on any atom is -0.370 e. The summed E-state index contributed by atoms with van der Waals surface area (Å²) in [5.74, 6) is -0.0125. The lowest BCUT2D eigenvalue weighted by atomic mass is 9.78. The quantitative estimate of drug-likeness (QED) is 0.792. The van der Waals surface area contributed by atoms with Crippen LogP contribution in [0.25, 0.3) is 0 Å². The summed E-state index contributed by atoms with van der Waals surface area (Å²) in [5.41, 5.74) is 1.30. The van der Waals surface area contributed by atoms with E-state index in [0.717, 1.165) is 57.1 Å². The molecule has 150 valence electrons. The zero-order chi connectivity index (χ0) is 19.5. The summed E-state index contributed by atoms with van der Waals surface area (Å²) in [6.07, 6.45) is 5.26. The van der Waals surface area contributed by atoms with E-state index in [1.54, 1.807) is 13.0 Å². The van der Waals surface area contributed by atoms with E-state index < -0.39 is 10.0 Å². The normalized spacial score (nSPS) is 26.7. The second-order valence-electron chi connectivity index (χ2n) is 7.70. The third-order valence-corrected chi connectivity index (χ3v) is 5.89. The number of anilines is 1. The van der Waals surface area contributed by atoms with Crippen LogP contribution >= 0.6 is 0 Å². The van der Waals surface area contributed by atoms with Crippen LogP contribution in [-0.4, -0.2) is 56.8 Å². The van der Waals surface area contributed by atoms with Crippen molar-refractivity contribution in [3.8, 4) is 0 Å². The molecule has 1 spiro atoms. The summed E-state index contributed by atoms with van der Waals surface area (Å²) in [6, 6.07) is 7.53. The van der Waals surface area contributed by atoms with Gasteiger partial charge in [0.25, 0.3) is 0 Å². The molecule has 8 heteroatoms. The summed E-state index contributed by atoms with van der Waals surface area (Å²) in [7, 11) is -3.29. The molecular weight excluding hydrogens is 366 g/mol. The molecule has 0 aromatic heterocycles. The first-order valence-corrected chi connectivity index (χ1v) is 11.4. The van der Waals surface area contributed by atoms with Crippen LogP contribution in [0.5, 0.6) is 0 Å². The lowest BCUT2D eigenvalue weighted by Crippen LogP contribution is -2.63. The predicted octanol–water partition coefficient (Wildman–Crippen LogP) is 1.71. The molecule has 27 heavy (non-hydrogen) atoms. The average Bonchev–Trinajstić information content (AvgIpc) is 2.56. The Hall–Kier alpha value is -1.64. The van der Waals surface area contributed by atoms with Crippen LogP contribution in [0.15, 0.2) is 24.3 Å². The number of benzene rings is 1. The van der Waals surface area contributed by atoms with Gasteiger partial charge in [-0.15, -0.1) is 0 Å². The van der Waals surface area contributed by atoms with Gasteiger partial charge in [0.1, 0.15) is 5.60 Å². The summed E-state index contributed by atoms with van der Waals surface area (Å²) < 4.78 is 31.7. The molecular formula is C19H29N3O4S. The lowest BCUT2D eigenvalue weighted by Gasteiger charge is -2.49. The highest BCUT2D eigenvalue weighted by Crippen LogP contribution is 2.35. The molecule has 1 aromatic rings. The van der Waals surface area contributed by atoms with Crippen molar-refractivity contribution in [1.82, 2.24) is 10.2 Å². The highest BCUT2D eigenvalue weighted by Gasteiger charge is 2.45. The van der Waals surface area contributed by atoms with E-state index in [0.29, 0.717) is 12.3 Å². The van der Waals surface area contributed by atoms with Crippen LogP contribution in [0.3, 0.4) is 0 Å². The van der Waals surface area contributed by atoms with Crippen LogP contribution in [0, 0.1) is 0 Å². The number of ether oxygens (including phenoxy) is 1. The summed E-state index contributed by atoms with van der Waals surface area (Å²) in [4.78, 5) is 14.0. The van der Waals surface area contributed by atoms with E-state index in [1.165, 1.54) is 0 Å². The van der Waals surface area contributed by atoms with Crippen molar-refractivity contribution in [3.63, 3.8) is 0 Å². The molecule has 1 aliphatic heterocycles. The molecule has 1 aromatic carbocycles. The Morgan fingerprint density at radius 3 is 2.93 bits per heavy atom. The van der Waals surface area contributed by atoms with E-state index in [2.05, 4.69) is 14.9 Å². The largest absolute Gasteiger partial charge is 0.370 e. The maximum Gasteiger partial charge on any atom is 0.229 e. The smallest absolute Gasteiger partial charge is 0.229 e. The Bertz CT molecular complexity index is 779. The van der Waals surface area contributed by atoms with Gasteiger partial charge in [0.2, 0.25) is 15.9 Å². The molecule has 2 atom stereocenters. The van der Waals surface area contributed by atoms with Crippen LogP contribution < -0.4 is 10.0 Å². The minimum absolute atomic E-state index is 0.0125. The van der Waals surface area contributed by atoms with Gasteiger partial charge in [-0.25, -0.2) is 8.42 Å². The third kappa shape index (κ3) is 5.43. The van der Waals surface area contributed by atoms with E-state index >= 15 is 0 Å². The Morgan fingerprint density at radius 1 is 1.37 bits per heavy atom. The van der Waals surface area contributed by atoms with E-state index in [-0.39, 0.29) is 17.6 Å². The van der Waals surface area contributed by atoms with Gasteiger partial charge in [-0.2, -0.15) is 0 Å². The first-order chi connectivity index (χ1) is 12.8. The fourth-order valence-corrected chi connectivity index (χ4v) is 4.80. The van der Waals surface area contributed by atoms with Gasteiger partial charge in [-0.3, -0.25) is 14.4 Å². The van der Waals surface area contributed by atoms with Crippen LogP contribution in [0.1, 0.15) is 38.2 Å². The van der Waals surface area contributed by atoms with Gasteiger partial charge >= 0.3 is 0 Å². The Kier molecular flexibility index (Phi) is 6.08. The topological polar surface area (TPSA) is 87.7 Å². The highest BCUT2D eigenvalue weighted by molar-refractivity contribution is 7.92. The third-order valence-electron chi connectivity index (χ3n) is 5.28. The van der Waals surface area contributed by atoms with Crippen molar-refractivity contribution >= 4 is 21.6 Å². The van der Waals surface area contributed by atoms with E-state index in [4.69, 9.17) is 4.74 Å². The average molecular weight is 396 g/mol. The van der Waals surface area contributed by atoms with E-state index in [1.807, 2.05) is 18.2 Å². The van der Waals surface area contributed by atoms with Crippen LogP contribution in [-0.2, 0) is 26.1 Å². The van der Waals surface area contributed by atoms with Crippen molar-refractivity contribution in [2.24, 2.45) is 0 Å². The maximum atomic E-state index is 11.6. The monoisotopic (exact) mass is 395 g/mol. The number of amides is 1. The molecule has 2 aliphatic rings. The molecule has 7 nitrogen and oxygen atoms in total. The van der Waals surface area contributed by atoms with Crippen LogP contribution in [0.4, 0.5) is 5.69 Å². The molecule has 0 bridgehead atoms.